The molecule has 6 nitrogen and oxygen atoms in total. The summed E-state index contributed by atoms with van der Waals surface area (Å²) in [5, 5.41) is 6.36. The largest absolute Gasteiger partial charge is 0.494 e. The molecule has 0 radical (unpaired) electrons. The van der Waals surface area contributed by atoms with E-state index in [2.05, 4.69) is 17.6 Å². The van der Waals surface area contributed by atoms with Gasteiger partial charge >= 0.3 is 0 Å². The van der Waals surface area contributed by atoms with Gasteiger partial charge in [0, 0.05) is 19.2 Å². The van der Waals surface area contributed by atoms with Gasteiger partial charge in [0.1, 0.15) is 5.75 Å². The summed E-state index contributed by atoms with van der Waals surface area (Å²) in [5.41, 5.74) is 0.193. The maximum atomic E-state index is 11.9. The number of piperidine rings is 1. The summed E-state index contributed by atoms with van der Waals surface area (Å²) >= 11 is 0. The maximum Gasteiger partial charge on any atom is 0.220 e. The van der Waals surface area contributed by atoms with Gasteiger partial charge in [-0.3, -0.25) is 4.79 Å². The van der Waals surface area contributed by atoms with E-state index in [1.807, 2.05) is 0 Å². The summed E-state index contributed by atoms with van der Waals surface area (Å²) in [6, 6.07) is 6.32. The van der Waals surface area contributed by atoms with Crippen LogP contribution >= 0.6 is 0 Å². The molecular weight excluding hydrogens is 340 g/mol. The van der Waals surface area contributed by atoms with Gasteiger partial charge in [-0.15, -0.1) is 0 Å². The Labute approximate surface area is 150 Å². The molecule has 1 aromatic rings. The van der Waals surface area contributed by atoms with Gasteiger partial charge in [0.15, 0.2) is 9.84 Å². The van der Waals surface area contributed by atoms with Gasteiger partial charge in [0.2, 0.25) is 5.91 Å². The van der Waals surface area contributed by atoms with E-state index >= 15 is 0 Å². The van der Waals surface area contributed by atoms with Crippen LogP contribution in [0.1, 0.15) is 32.6 Å². The predicted molar refractivity (Wildman–Crippen MR) is 97.5 cm³/mol. The van der Waals surface area contributed by atoms with Crippen molar-refractivity contribution in [2.45, 2.75) is 37.5 Å². The molecule has 0 spiro atoms. The lowest BCUT2D eigenvalue weighted by Gasteiger charge is -2.34. The summed E-state index contributed by atoms with van der Waals surface area (Å²) in [6.07, 6.45) is 4.39. The SMILES string of the molecule is CC1(CNC(=O)CCCOc2ccc(S(C)(=O)=O)cc2)CCNCC1. The number of nitrogens with one attached hydrogen (secondary N) is 2. The molecule has 0 atom stereocenters. The van der Waals surface area contributed by atoms with Crippen LogP contribution in [0.25, 0.3) is 0 Å². The van der Waals surface area contributed by atoms with E-state index in [9.17, 15) is 13.2 Å². The summed E-state index contributed by atoms with van der Waals surface area (Å²) < 4.78 is 28.3. The number of ether oxygens (including phenoxy) is 1. The zero-order valence-corrected chi connectivity index (χ0v) is 15.8. The fourth-order valence-corrected chi connectivity index (χ4v) is 3.44. The molecule has 1 fully saturated rings. The molecule has 1 amide bonds. The van der Waals surface area contributed by atoms with Crippen LogP contribution < -0.4 is 15.4 Å². The first kappa shape index (κ1) is 19.7. The highest BCUT2D eigenvalue weighted by atomic mass is 32.2. The van der Waals surface area contributed by atoms with Crippen LogP contribution in [0, 0.1) is 5.41 Å². The molecule has 0 unspecified atom stereocenters. The first-order chi connectivity index (χ1) is 11.8. The lowest BCUT2D eigenvalue weighted by Crippen LogP contribution is -2.42. The number of rotatable bonds is 8. The summed E-state index contributed by atoms with van der Waals surface area (Å²) in [7, 11) is -3.19. The van der Waals surface area contributed by atoms with Crippen molar-refractivity contribution in [3.05, 3.63) is 24.3 Å². The minimum absolute atomic E-state index is 0.0516. The molecule has 1 aromatic carbocycles. The maximum absolute atomic E-state index is 11.9. The lowest BCUT2D eigenvalue weighted by atomic mass is 9.81. The number of carbonyl (C=O) groups is 1. The smallest absolute Gasteiger partial charge is 0.220 e. The van der Waals surface area contributed by atoms with E-state index in [1.165, 1.54) is 18.4 Å². The Morgan fingerprint density at radius 3 is 2.48 bits per heavy atom. The van der Waals surface area contributed by atoms with Crippen LogP contribution in [0.4, 0.5) is 0 Å². The van der Waals surface area contributed by atoms with E-state index in [0.29, 0.717) is 25.2 Å². The molecular formula is C18H28N2O4S. The Bertz CT molecular complexity index is 665. The van der Waals surface area contributed by atoms with Gasteiger partial charge in [-0.05, 0) is 62.0 Å². The molecule has 7 heteroatoms. The minimum Gasteiger partial charge on any atom is -0.494 e. The third kappa shape index (κ3) is 6.66. The van der Waals surface area contributed by atoms with Crippen molar-refractivity contribution in [2.24, 2.45) is 5.41 Å². The summed E-state index contributed by atoms with van der Waals surface area (Å²) in [5.74, 6) is 0.658. The highest BCUT2D eigenvalue weighted by Gasteiger charge is 2.26. The zero-order chi connectivity index (χ0) is 18.3. The van der Waals surface area contributed by atoms with Crippen molar-refractivity contribution in [1.82, 2.24) is 10.6 Å². The number of hydrogen-bond donors (Lipinski definition) is 2. The molecule has 0 aromatic heterocycles. The standard InChI is InChI=1S/C18H28N2O4S/c1-18(9-11-19-12-10-18)14-20-17(21)4-3-13-24-15-5-7-16(8-6-15)25(2,22)23/h5-8,19H,3-4,9-14H2,1-2H3,(H,20,21). The van der Waals surface area contributed by atoms with Crippen LogP contribution in [0.2, 0.25) is 0 Å². The zero-order valence-electron chi connectivity index (χ0n) is 15.0. The molecule has 2 rings (SSSR count). The fourth-order valence-electron chi connectivity index (χ4n) is 2.81. The van der Waals surface area contributed by atoms with E-state index in [1.54, 1.807) is 12.1 Å². The second-order valence-electron chi connectivity index (χ2n) is 7.03. The van der Waals surface area contributed by atoms with Crippen LogP contribution in [-0.2, 0) is 14.6 Å². The van der Waals surface area contributed by atoms with Crippen molar-refractivity contribution in [1.29, 1.82) is 0 Å². The normalized spacial score (nSPS) is 17.0. The first-order valence-electron chi connectivity index (χ1n) is 8.69. The summed E-state index contributed by atoms with van der Waals surface area (Å²) in [4.78, 5) is 12.2. The number of carbonyl (C=O) groups excluding carboxylic acids is 1. The van der Waals surface area contributed by atoms with Crippen molar-refractivity contribution >= 4 is 15.7 Å². The van der Waals surface area contributed by atoms with Gasteiger partial charge in [-0.1, -0.05) is 6.92 Å². The Hall–Kier alpha value is -1.60. The number of hydrogen-bond acceptors (Lipinski definition) is 5. The summed E-state index contributed by atoms with van der Waals surface area (Å²) in [6.45, 7) is 5.39. The molecule has 1 aliphatic heterocycles. The average molecular weight is 368 g/mol. The second-order valence-corrected chi connectivity index (χ2v) is 9.05. The predicted octanol–water partition coefficient (Wildman–Crippen LogP) is 1.75. The molecule has 0 bridgehead atoms. The molecule has 0 saturated carbocycles. The molecule has 2 N–H and O–H groups in total. The Balaban J connectivity index is 1.64. The monoisotopic (exact) mass is 368 g/mol. The Morgan fingerprint density at radius 1 is 1.24 bits per heavy atom. The minimum atomic E-state index is -3.19. The highest BCUT2D eigenvalue weighted by Crippen LogP contribution is 2.26. The van der Waals surface area contributed by atoms with Crippen molar-refractivity contribution in [2.75, 3.05) is 32.5 Å². The second kappa shape index (κ2) is 8.67. The Morgan fingerprint density at radius 2 is 1.88 bits per heavy atom. The van der Waals surface area contributed by atoms with E-state index in [0.717, 1.165) is 32.5 Å². The Kier molecular flexibility index (Phi) is 6.84. The first-order valence-corrected chi connectivity index (χ1v) is 10.6. The van der Waals surface area contributed by atoms with E-state index < -0.39 is 9.84 Å². The van der Waals surface area contributed by atoms with Gasteiger partial charge in [0.25, 0.3) is 0 Å². The van der Waals surface area contributed by atoms with Crippen LogP contribution in [0.3, 0.4) is 0 Å². The van der Waals surface area contributed by atoms with Crippen LogP contribution in [-0.4, -0.2) is 46.8 Å². The molecule has 1 heterocycles. The average Bonchev–Trinajstić information content (AvgIpc) is 2.57. The van der Waals surface area contributed by atoms with Gasteiger partial charge in [0.05, 0.1) is 11.5 Å². The van der Waals surface area contributed by atoms with Crippen molar-refractivity contribution in [3.63, 3.8) is 0 Å². The van der Waals surface area contributed by atoms with E-state index in [4.69, 9.17) is 4.74 Å². The van der Waals surface area contributed by atoms with Crippen molar-refractivity contribution < 1.29 is 17.9 Å². The number of sulfone groups is 1. The van der Waals surface area contributed by atoms with Crippen LogP contribution in [0.5, 0.6) is 5.75 Å². The van der Waals surface area contributed by atoms with Gasteiger partial charge < -0.3 is 15.4 Å². The fraction of sp³-hybridized carbons (Fsp3) is 0.611. The van der Waals surface area contributed by atoms with Gasteiger partial charge in [-0.25, -0.2) is 8.42 Å². The molecule has 1 saturated heterocycles. The molecule has 25 heavy (non-hydrogen) atoms. The third-order valence-corrected chi connectivity index (χ3v) is 5.72. The third-order valence-electron chi connectivity index (χ3n) is 4.59. The quantitative estimate of drug-likeness (QED) is 0.683. The van der Waals surface area contributed by atoms with E-state index in [-0.39, 0.29) is 16.2 Å². The molecule has 1 aliphatic rings. The molecule has 140 valence electrons. The number of amides is 1. The topological polar surface area (TPSA) is 84.5 Å². The highest BCUT2D eigenvalue weighted by molar-refractivity contribution is 7.90. The van der Waals surface area contributed by atoms with Crippen molar-refractivity contribution in [3.8, 4) is 5.75 Å². The van der Waals surface area contributed by atoms with Crippen LogP contribution in [0.15, 0.2) is 29.2 Å². The molecule has 0 aliphatic carbocycles. The van der Waals surface area contributed by atoms with Gasteiger partial charge in [-0.2, -0.15) is 0 Å². The lowest BCUT2D eigenvalue weighted by molar-refractivity contribution is -0.121. The number of benzene rings is 1.